The van der Waals surface area contributed by atoms with Crippen LogP contribution in [0.4, 0.5) is 0 Å². The number of hydrogen-bond acceptors (Lipinski definition) is 7. The highest BCUT2D eigenvalue weighted by Gasteiger charge is 2.30. The molecule has 0 saturated carbocycles. The second kappa shape index (κ2) is 10.2. The summed E-state index contributed by atoms with van der Waals surface area (Å²) in [7, 11) is 1.65. The van der Waals surface area contributed by atoms with Gasteiger partial charge in [0.25, 0.3) is 0 Å². The molecule has 2 aliphatic heterocycles. The predicted octanol–water partition coefficient (Wildman–Crippen LogP) is 1.49. The summed E-state index contributed by atoms with van der Waals surface area (Å²) in [5.41, 5.74) is 1.02. The number of nitrogens with zero attached hydrogens (tertiary/aromatic N) is 6. The quantitative estimate of drug-likeness (QED) is 0.660. The van der Waals surface area contributed by atoms with Crippen molar-refractivity contribution in [1.29, 1.82) is 0 Å². The molecule has 31 heavy (non-hydrogen) atoms. The number of amides is 1. The van der Waals surface area contributed by atoms with Gasteiger partial charge in [0.05, 0.1) is 13.2 Å². The van der Waals surface area contributed by atoms with Gasteiger partial charge in [-0.2, -0.15) is 0 Å². The molecule has 168 valence electrons. The molecule has 0 N–H and O–H groups in total. The van der Waals surface area contributed by atoms with Gasteiger partial charge in [-0.3, -0.25) is 9.69 Å². The zero-order valence-electron chi connectivity index (χ0n) is 18.4. The molecule has 1 aromatic heterocycles. The number of ether oxygens (including phenoxy) is 2. The molecule has 9 heteroatoms. The Hall–Kier alpha value is -2.52. The molecular weight excluding hydrogens is 396 g/mol. The largest absolute Gasteiger partial charge is 0.497 e. The fourth-order valence-electron chi connectivity index (χ4n) is 4.49. The third-order valence-corrected chi connectivity index (χ3v) is 6.19. The molecule has 4 rings (SSSR count). The van der Waals surface area contributed by atoms with Crippen molar-refractivity contribution < 1.29 is 14.3 Å². The highest BCUT2D eigenvalue weighted by Crippen LogP contribution is 2.22. The third-order valence-electron chi connectivity index (χ3n) is 6.19. The topological polar surface area (TPSA) is 85.6 Å². The lowest BCUT2D eigenvalue weighted by atomic mass is 10.0. The van der Waals surface area contributed by atoms with E-state index < -0.39 is 6.04 Å². The molecule has 2 fully saturated rings. The molecule has 1 amide bonds. The van der Waals surface area contributed by atoms with Crippen LogP contribution in [0.5, 0.6) is 5.75 Å². The van der Waals surface area contributed by atoms with Gasteiger partial charge in [-0.1, -0.05) is 12.1 Å². The Morgan fingerprint density at radius 3 is 2.90 bits per heavy atom. The van der Waals surface area contributed by atoms with Crippen LogP contribution in [0.15, 0.2) is 24.3 Å². The zero-order valence-corrected chi connectivity index (χ0v) is 18.4. The number of benzene rings is 1. The highest BCUT2D eigenvalue weighted by molar-refractivity contribution is 5.80. The number of rotatable bonds is 7. The fourth-order valence-corrected chi connectivity index (χ4v) is 4.49. The lowest BCUT2D eigenvalue weighted by molar-refractivity contribution is -0.135. The molecule has 1 aromatic carbocycles. The summed E-state index contributed by atoms with van der Waals surface area (Å²) in [5, 5.41) is 11.9. The number of aryl methyl sites for hydroxylation is 1. The van der Waals surface area contributed by atoms with Crippen molar-refractivity contribution in [3.8, 4) is 5.75 Å². The van der Waals surface area contributed by atoms with Crippen molar-refractivity contribution >= 4 is 5.91 Å². The van der Waals surface area contributed by atoms with E-state index in [2.05, 4.69) is 20.4 Å². The average Bonchev–Trinajstić information content (AvgIpc) is 3.39. The molecule has 2 saturated heterocycles. The molecule has 0 spiro atoms. The van der Waals surface area contributed by atoms with Gasteiger partial charge in [0, 0.05) is 39.2 Å². The maximum Gasteiger partial charge on any atom is 0.247 e. The van der Waals surface area contributed by atoms with Gasteiger partial charge in [-0.15, -0.1) is 5.10 Å². The van der Waals surface area contributed by atoms with E-state index >= 15 is 0 Å². The van der Waals surface area contributed by atoms with Crippen molar-refractivity contribution in [3.63, 3.8) is 0 Å². The normalized spacial score (nSPS) is 21.1. The summed E-state index contributed by atoms with van der Waals surface area (Å²) in [6.45, 7) is 6.98. The monoisotopic (exact) mass is 428 g/mol. The van der Waals surface area contributed by atoms with Crippen molar-refractivity contribution in [2.75, 3.05) is 46.4 Å². The van der Waals surface area contributed by atoms with Gasteiger partial charge in [0.2, 0.25) is 5.91 Å². The Balaban J connectivity index is 1.47. The Morgan fingerprint density at radius 2 is 2.16 bits per heavy atom. The number of aromatic nitrogens is 4. The van der Waals surface area contributed by atoms with Crippen LogP contribution in [0, 0.1) is 6.92 Å². The maximum atomic E-state index is 13.6. The van der Waals surface area contributed by atoms with E-state index in [4.69, 9.17) is 9.47 Å². The van der Waals surface area contributed by atoms with E-state index in [1.54, 1.807) is 11.8 Å². The number of hydrogen-bond donors (Lipinski definition) is 0. The van der Waals surface area contributed by atoms with E-state index in [1.807, 2.05) is 36.1 Å². The summed E-state index contributed by atoms with van der Waals surface area (Å²) in [6, 6.07) is 7.34. The van der Waals surface area contributed by atoms with Crippen LogP contribution in [-0.2, 0) is 16.0 Å². The van der Waals surface area contributed by atoms with Crippen LogP contribution in [0.3, 0.4) is 0 Å². The summed E-state index contributed by atoms with van der Waals surface area (Å²) in [4.78, 5) is 18.1. The van der Waals surface area contributed by atoms with Gasteiger partial charge >= 0.3 is 0 Å². The SMILES string of the molecule is COc1cccc(C[C@H](C(=O)N2CCCN(C[C@@H]3CCCO3)CC2)n2nnnc2C)c1. The molecule has 9 nitrogen and oxygen atoms in total. The minimum Gasteiger partial charge on any atom is -0.497 e. The first-order valence-corrected chi connectivity index (χ1v) is 11.1. The molecule has 0 aliphatic carbocycles. The van der Waals surface area contributed by atoms with Crippen LogP contribution >= 0.6 is 0 Å². The fraction of sp³-hybridized carbons (Fsp3) is 0.636. The molecule has 2 aromatic rings. The Bertz CT molecular complexity index is 866. The van der Waals surface area contributed by atoms with Gasteiger partial charge in [0.15, 0.2) is 0 Å². The van der Waals surface area contributed by atoms with Crippen molar-refractivity contribution in [3.05, 3.63) is 35.7 Å². The number of carbonyl (C=O) groups excluding carboxylic acids is 1. The first-order chi connectivity index (χ1) is 15.1. The van der Waals surface area contributed by atoms with Crippen molar-refractivity contribution in [1.82, 2.24) is 30.0 Å². The molecule has 3 heterocycles. The first-order valence-electron chi connectivity index (χ1n) is 11.1. The van der Waals surface area contributed by atoms with Crippen LogP contribution in [-0.4, -0.2) is 88.5 Å². The Labute approximate surface area is 183 Å². The maximum absolute atomic E-state index is 13.6. The number of carbonyl (C=O) groups is 1. The summed E-state index contributed by atoms with van der Waals surface area (Å²) in [6.07, 6.45) is 4.10. The number of tetrazole rings is 1. The standard InChI is InChI=1S/C22H32N6O3/c1-17-23-24-25-28(17)21(15-18-6-3-7-19(14-18)30-2)22(29)27-10-5-9-26(11-12-27)16-20-8-4-13-31-20/h3,6-7,14,20-21H,4-5,8-13,15-16H2,1-2H3/t20-,21+/m0/s1. The lowest BCUT2D eigenvalue weighted by Crippen LogP contribution is -2.41. The minimum absolute atomic E-state index is 0.0668. The first kappa shape index (κ1) is 21.7. The van der Waals surface area contributed by atoms with Crippen LogP contribution in [0.2, 0.25) is 0 Å². The second-order valence-corrected chi connectivity index (χ2v) is 8.36. The molecule has 0 unspecified atom stereocenters. The van der Waals surface area contributed by atoms with Gasteiger partial charge in [-0.25, -0.2) is 4.68 Å². The van der Waals surface area contributed by atoms with E-state index in [1.165, 1.54) is 0 Å². The smallest absolute Gasteiger partial charge is 0.247 e. The Morgan fingerprint density at radius 1 is 1.26 bits per heavy atom. The number of methoxy groups -OCH3 is 1. The van der Waals surface area contributed by atoms with E-state index in [0.717, 1.165) is 63.4 Å². The molecule has 0 bridgehead atoms. The second-order valence-electron chi connectivity index (χ2n) is 8.36. The molecule has 2 atom stereocenters. The third kappa shape index (κ3) is 5.40. The molecular formula is C22H32N6O3. The van der Waals surface area contributed by atoms with Crippen molar-refractivity contribution in [2.24, 2.45) is 0 Å². The van der Waals surface area contributed by atoms with E-state index in [-0.39, 0.29) is 5.91 Å². The average molecular weight is 429 g/mol. The van der Waals surface area contributed by atoms with E-state index in [9.17, 15) is 4.79 Å². The summed E-state index contributed by atoms with van der Waals surface area (Å²) >= 11 is 0. The minimum atomic E-state index is -0.480. The zero-order chi connectivity index (χ0) is 21.6. The lowest BCUT2D eigenvalue weighted by Gasteiger charge is -2.27. The van der Waals surface area contributed by atoms with E-state index in [0.29, 0.717) is 24.9 Å². The van der Waals surface area contributed by atoms with Gasteiger partial charge in [-0.05, 0) is 60.9 Å². The summed E-state index contributed by atoms with van der Waals surface area (Å²) in [5.74, 6) is 1.48. The van der Waals surface area contributed by atoms with Crippen LogP contribution in [0.1, 0.15) is 36.7 Å². The Kier molecular flexibility index (Phi) is 7.14. The van der Waals surface area contributed by atoms with Gasteiger partial charge in [0.1, 0.15) is 17.6 Å². The highest BCUT2D eigenvalue weighted by atomic mass is 16.5. The molecule has 0 radical (unpaired) electrons. The van der Waals surface area contributed by atoms with Crippen LogP contribution < -0.4 is 4.74 Å². The van der Waals surface area contributed by atoms with Crippen molar-refractivity contribution in [2.45, 2.75) is 44.8 Å². The predicted molar refractivity (Wildman–Crippen MR) is 115 cm³/mol. The molecule has 2 aliphatic rings. The van der Waals surface area contributed by atoms with Gasteiger partial charge < -0.3 is 14.4 Å². The van der Waals surface area contributed by atoms with Crippen LogP contribution in [0.25, 0.3) is 0 Å². The summed E-state index contributed by atoms with van der Waals surface area (Å²) < 4.78 is 12.8.